The summed E-state index contributed by atoms with van der Waals surface area (Å²) in [5, 5.41) is 0.174. The molecule has 0 N–H and O–H groups in total. The normalized spacial score (nSPS) is 10.1. The van der Waals surface area contributed by atoms with Crippen molar-refractivity contribution in [1.82, 2.24) is 0 Å². The molecule has 0 aromatic heterocycles. The second kappa shape index (κ2) is 5.01. The predicted octanol–water partition coefficient (Wildman–Crippen LogP) is -0.945. The van der Waals surface area contributed by atoms with Crippen molar-refractivity contribution in [3.8, 4) is 0 Å². The van der Waals surface area contributed by atoms with Crippen molar-refractivity contribution < 1.29 is 64.6 Å². The molecule has 5 heteroatoms. The number of halogens is 3. The first-order valence-electron chi connectivity index (χ1n) is 3.93. The van der Waals surface area contributed by atoms with E-state index in [2.05, 4.69) is 0 Å². The molecule has 0 bridgehead atoms. The van der Waals surface area contributed by atoms with Gasteiger partial charge in [0.15, 0.2) is 11.6 Å². The first-order chi connectivity index (χ1) is 6.63. The summed E-state index contributed by atoms with van der Waals surface area (Å²) in [5.74, 6) is -4.06. The van der Waals surface area contributed by atoms with E-state index in [9.17, 15) is 13.2 Å². The van der Waals surface area contributed by atoms with Crippen LogP contribution in [0.2, 0.25) is 0 Å². The van der Waals surface area contributed by atoms with E-state index in [-0.39, 0.29) is 67.6 Å². The smallest absolute Gasteiger partial charge is 0.576 e. The molecule has 0 atom stereocenters. The van der Waals surface area contributed by atoms with Crippen molar-refractivity contribution in [2.75, 3.05) is 0 Å². The summed E-state index contributed by atoms with van der Waals surface area (Å²) >= 11 is 0. The molecule has 0 aliphatic heterocycles. The van der Waals surface area contributed by atoms with Crippen LogP contribution in [0.3, 0.4) is 0 Å². The number of hydrogen-bond acceptors (Lipinski definition) is 0. The van der Waals surface area contributed by atoms with Gasteiger partial charge >= 0.3 is 51.4 Å². The molecule has 0 heterocycles. The maximum Gasteiger partial charge on any atom is 1.00 e. The van der Waals surface area contributed by atoms with Gasteiger partial charge in [0.1, 0.15) is 5.82 Å². The van der Waals surface area contributed by atoms with E-state index in [0.717, 1.165) is 0 Å². The average Bonchev–Trinajstić information content (AvgIpc) is 2.23. The Hall–Kier alpha value is 0.191. The molecule has 0 spiro atoms. The molecule has 2 aromatic rings. The summed E-state index contributed by atoms with van der Waals surface area (Å²) in [6.07, 6.45) is 0. The van der Waals surface area contributed by atoms with Gasteiger partial charge in [-0.2, -0.15) is 0 Å². The molecule has 0 nitrogen and oxygen atoms in total. The van der Waals surface area contributed by atoms with Crippen molar-refractivity contribution in [3.05, 3.63) is 41.7 Å². The van der Waals surface area contributed by atoms with Gasteiger partial charge in [-0.05, 0) is 0 Å². The maximum atomic E-state index is 13.2. The van der Waals surface area contributed by atoms with Crippen molar-refractivity contribution >= 4 is 24.1 Å². The van der Waals surface area contributed by atoms with Gasteiger partial charge in [-0.15, -0.1) is 0 Å². The van der Waals surface area contributed by atoms with Gasteiger partial charge in [0.05, 0.1) is 0 Å². The van der Waals surface area contributed by atoms with Crippen molar-refractivity contribution in [2.24, 2.45) is 0 Å². The van der Waals surface area contributed by atoms with Gasteiger partial charge in [-0.25, -0.2) is 13.2 Å². The van der Waals surface area contributed by atoms with Gasteiger partial charge in [0.25, 0.3) is 0 Å². The van der Waals surface area contributed by atoms with Crippen LogP contribution in [-0.4, -0.2) is 7.85 Å². The van der Waals surface area contributed by atoms with Crippen LogP contribution in [0.4, 0.5) is 13.2 Å². The number of rotatable bonds is 0. The molecule has 0 aliphatic carbocycles. The minimum atomic E-state index is -1.53. The van der Waals surface area contributed by atoms with Gasteiger partial charge < -0.3 is 7.85 Å². The Bertz CT molecular complexity index is 467. The standard InChI is InChI=1S/C10H4BF3.K/c11-7-5-3-1-2-4-6(5)8(12)10(14)9(7)13;/h1-4H;/q-1;+1. The Morgan fingerprint density at radius 1 is 0.800 bits per heavy atom. The van der Waals surface area contributed by atoms with Crippen LogP contribution >= 0.6 is 0 Å². The summed E-state index contributed by atoms with van der Waals surface area (Å²) in [6, 6.07) is 5.90. The molecule has 0 unspecified atom stereocenters. The van der Waals surface area contributed by atoms with Gasteiger partial charge in [-0.3, -0.25) is 5.46 Å². The summed E-state index contributed by atoms with van der Waals surface area (Å²) in [4.78, 5) is 0. The van der Waals surface area contributed by atoms with Gasteiger partial charge in [0.2, 0.25) is 0 Å². The molecule has 2 rings (SSSR count). The molecule has 0 amide bonds. The zero-order chi connectivity index (χ0) is 10.3. The summed E-state index contributed by atoms with van der Waals surface area (Å²) in [7, 11) is 5.31. The SMILES string of the molecule is [B-]c1c(F)c(F)c(F)c2ccccc12.[K+]. The predicted molar refractivity (Wildman–Crippen MR) is 49.2 cm³/mol. The quantitative estimate of drug-likeness (QED) is 0.405. The molecular weight excluding hydrogens is 227 g/mol. The fraction of sp³-hybridized carbons (Fsp3) is 0. The topological polar surface area (TPSA) is 0 Å². The van der Waals surface area contributed by atoms with Crippen molar-refractivity contribution in [1.29, 1.82) is 0 Å². The zero-order valence-electron chi connectivity index (χ0n) is 8.02. The van der Waals surface area contributed by atoms with Crippen LogP contribution in [0.15, 0.2) is 24.3 Å². The van der Waals surface area contributed by atoms with E-state index in [1.54, 1.807) is 6.07 Å². The van der Waals surface area contributed by atoms with E-state index in [1.807, 2.05) is 0 Å². The van der Waals surface area contributed by atoms with Crippen molar-refractivity contribution in [3.63, 3.8) is 0 Å². The largest absolute Gasteiger partial charge is 1.00 e. The van der Waals surface area contributed by atoms with E-state index >= 15 is 0 Å². The molecular formula is C10H4BF3K. The van der Waals surface area contributed by atoms with Crippen LogP contribution in [-0.2, 0) is 0 Å². The third-order valence-electron chi connectivity index (χ3n) is 2.08. The van der Waals surface area contributed by atoms with E-state index in [1.165, 1.54) is 18.2 Å². The summed E-state index contributed by atoms with van der Waals surface area (Å²) in [6.45, 7) is 0. The summed E-state index contributed by atoms with van der Waals surface area (Å²) in [5.41, 5.74) is -0.362. The molecule has 0 aliphatic rings. The van der Waals surface area contributed by atoms with Crippen LogP contribution in [0.25, 0.3) is 10.8 Å². The van der Waals surface area contributed by atoms with E-state index < -0.39 is 17.5 Å². The first kappa shape index (κ1) is 13.3. The Morgan fingerprint density at radius 2 is 1.33 bits per heavy atom. The van der Waals surface area contributed by atoms with E-state index in [4.69, 9.17) is 7.85 Å². The fourth-order valence-corrected chi connectivity index (χ4v) is 1.36. The van der Waals surface area contributed by atoms with Crippen molar-refractivity contribution in [2.45, 2.75) is 0 Å². The molecule has 0 saturated carbocycles. The maximum absolute atomic E-state index is 13.2. The molecule has 15 heavy (non-hydrogen) atoms. The van der Waals surface area contributed by atoms with Crippen LogP contribution in [0, 0.1) is 17.5 Å². The van der Waals surface area contributed by atoms with Crippen LogP contribution < -0.4 is 56.8 Å². The second-order valence-electron chi connectivity index (χ2n) is 2.90. The minimum Gasteiger partial charge on any atom is -0.576 e. The number of hydrogen-bond donors (Lipinski definition) is 0. The van der Waals surface area contributed by atoms with Crippen LogP contribution in [0.5, 0.6) is 0 Å². The number of benzene rings is 2. The Labute approximate surface area is 129 Å². The second-order valence-corrected chi connectivity index (χ2v) is 2.90. The average molecular weight is 231 g/mol. The molecule has 2 aromatic carbocycles. The molecule has 0 fully saturated rings. The Morgan fingerprint density at radius 3 is 1.93 bits per heavy atom. The molecule has 69 valence electrons. The number of fused-ring (bicyclic) bond motifs is 1. The molecule has 3 radical (unpaired) electrons. The summed E-state index contributed by atoms with van der Waals surface area (Å²) < 4.78 is 39.0. The monoisotopic (exact) mass is 231 g/mol. The fourth-order valence-electron chi connectivity index (χ4n) is 1.36. The third-order valence-corrected chi connectivity index (χ3v) is 2.08. The van der Waals surface area contributed by atoms with Crippen LogP contribution in [0.1, 0.15) is 0 Å². The van der Waals surface area contributed by atoms with Gasteiger partial charge in [0, 0.05) is 5.39 Å². The molecule has 0 saturated heterocycles. The Balaban J connectivity index is 0.00000112. The zero-order valence-corrected chi connectivity index (χ0v) is 11.1. The Kier molecular flexibility index (Phi) is 4.43. The van der Waals surface area contributed by atoms with E-state index in [0.29, 0.717) is 0 Å². The first-order valence-corrected chi connectivity index (χ1v) is 3.93. The minimum absolute atomic E-state index is 0. The third kappa shape index (κ3) is 2.17. The van der Waals surface area contributed by atoms with Gasteiger partial charge in [-0.1, -0.05) is 29.7 Å².